The van der Waals surface area contributed by atoms with Gasteiger partial charge in [0.2, 0.25) is 0 Å². The molecule has 4 heteroatoms. The predicted octanol–water partition coefficient (Wildman–Crippen LogP) is 1.96. The molecule has 0 saturated carbocycles. The van der Waals surface area contributed by atoms with E-state index >= 15 is 0 Å². The smallest absolute Gasteiger partial charge is 0.106 e. The molecule has 2 rings (SSSR count). The minimum atomic E-state index is 0.864. The first-order valence-electron chi connectivity index (χ1n) is 6.20. The zero-order valence-electron chi connectivity index (χ0n) is 9.98. The van der Waals surface area contributed by atoms with Gasteiger partial charge in [-0.3, -0.25) is 0 Å². The molecule has 0 radical (unpaired) electrons. The molecule has 1 aliphatic rings. The van der Waals surface area contributed by atoms with E-state index in [1.165, 1.54) is 37.5 Å². The Bertz CT molecular complexity index is 278. The van der Waals surface area contributed by atoms with Gasteiger partial charge in [0, 0.05) is 18.1 Å². The van der Waals surface area contributed by atoms with E-state index < -0.39 is 0 Å². The van der Waals surface area contributed by atoms with Gasteiger partial charge in [0.15, 0.2) is 0 Å². The maximum atomic E-state index is 4.27. The van der Waals surface area contributed by atoms with Crippen molar-refractivity contribution < 1.29 is 0 Å². The van der Waals surface area contributed by atoms with Crippen LogP contribution in [0, 0.1) is 5.92 Å². The van der Waals surface area contributed by atoms with E-state index in [-0.39, 0.29) is 0 Å². The predicted molar refractivity (Wildman–Crippen MR) is 68.7 cm³/mol. The van der Waals surface area contributed by atoms with Gasteiger partial charge in [-0.1, -0.05) is 6.92 Å². The molecule has 0 aromatic carbocycles. The number of piperidine rings is 1. The molecule has 0 amide bonds. The third-order valence-electron chi connectivity index (χ3n) is 3.35. The van der Waals surface area contributed by atoms with E-state index in [1.807, 2.05) is 11.6 Å². The van der Waals surface area contributed by atoms with Crippen molar-refractivity contribution in [3.63, 3.8) is 0 Å². The topological polar surface area (TPSA) is 28.2 Å². The number of rotatable bonds is 5. The molecule has 1 aromatic rings. The van der Waals surface area contributed by atoms with Crippen LogP contribution in [0.2, 0.25) is 0 Å². The minimum Gasteiger partial charge on any atom is -0.310 e. The summed E-state index contributed by atoms with van der Waals surface area (Å²) in [7, 11) is 0. The normalized spacial score (nSPS) is 19.1. The van der Waals surface area contributed by atoms with Crippen LogP contribution in [0.1, 0.15) is 24.8 Å². The van der Waals surface area contributed by atoms with Crippen LogP contribution < -0.4 is 5.32 Å². The first-order chi connectivity index (χ1) is 7.88. The van der Waals surface area contributed by atoms with Crippen LogP contribution in [0.25, 0.3) is 0 Å². The van der Waals surface area contributed by atoms with E-state index in [0.717, 1.165) is 19.0 Å². The molecule has 0 bridgehead atoms. The van der Waals surface area contributed by atoms with Gasteiger partial charge in [0.1, 0.15) is 5.01 Å². The lowest BCUT2D eigenvalue weighted by Crippen LogP contribution is -2.36. The van der Waals surface area contributed by atoms with Crippen LogP contribution in [0.15, 0.2) is 11.6 Å². The molecule has 1 aliphatic heterocycles. The summed E-state index contributed by atoms with van der Waals surface area (Å²) in [5, 5.41) is 6.76. The Morgan fingerprint density at radius 3 is 2.94 bits per heavy atom. The first kappa shape index (κ1) is 12.0. The summed E-state index contributed by atoms with van der Waals surface area (Å²) in [6, 6.07) is 0. The molecular weight excluding hydrogens is 218 g/mol. The Balaban J connectivity index is 1.60. The van der Waals surface area contributed by atoms with Crippen LogP contribution in [-0.2, 0) is 6.54 Å². The average molecular weight is 239 g/mol. The lowest BCUT2D eigenvalue weighted by Gasteiger charge is -2.31. The molecule has 1 N–H and O–H groups in total. The molecule has 0 aliphatic carbocycles. The van der Waals surface area contributed by atoms with Gasteiger partial charge >= 0.3 is 0 Å². The molecule has 1 saturated heterocycles. The van der Waals surface area contributed by atoms with Crippen molar-refractivity contribution in [1.82, 2.24) is 15.2 Å². The second-order valence-electron chi connectivity index (χ2n) is 4.43. The summed E-state index contributed by atoms with van der Waals surface area (Å²) >= 11 is 1.73. The van der Waals surface area contributed by atoms with Gasteiger partial charge < -0.3 is 10.2 Å². The maximum Gasteiger partial charge on any atom is 0.106 e. The number of nitrogens with one attached hydrogen (secondary N) is 1. The highest BCUT2D eigenvalue weighted by atomic mass is 32.1. The van der Waals surface area contributed by atoms with Crippen LogP contribution in [0.5, 0.6) is 0 Å². The van der Waals surface area contributed by atoms with E-state index in [4.69, 9.17) is 0 Å². The van der Waals surface area contributed by atoms with Crippen molar-refractivity contribution in [2.24, 2.45) is 5.92 Å². The Labute approximate surface area is 102 Å². The standard InChI is InChI=1S/C12H21N3S/c1-2-15-6-3-11(4-7-15)9-13-10-12-14-5-8-16-12/h5,8,11,13H,2-4,6-7,9-10H2,1H3. The lowest BCUT2D eigenvalue weighted by molar-refractivity contribution is 0.190. The summed E-state index contributed by atoms with van der Waals surface area (Å²) in [6.45, 7) is 8.10. The zero-order chi connectivity index (χ0) is 11.2. The molecule has 0 atom stereocenters. The fourth-order valence-electron chi connectivity index (χ4n) is 2.23. The van der Waals surface area contributed by atoms with E-state index in [0.29, 0.717) is 0 Å². The van der Waals surface area contributed by atoms with E-state index in [1.54, 1.807) is 11.3 Å². The summed E-state index contributed by atoms with van der Waals surface area (Å²) in [6.07, 6.45) is 4.57. The number of likely N-dealkylation sites (tertiary alicyclic amines) is 1. The third-order valence-corrected chi connectivity index (χ3v) is 4.13. The van der Waals surface area contributed by atoms with Gasteiger partial charge in [0.05, 0.1) is 0 Å². The number of hydrogen-bond acceptors (Lipinski definition) is 4. The Hall–Kier alpha value is -0.450. The van der Waals surface area contributed by atoms with E-state index in [2.05, 4.69) is 22.1 Å². The maximum absolute atomic E-state index is 4.27. The molecule has 0 spiro atoms. The van der Waals surface area contributed by atoms with Crippen molar-refractivity contribution in [3.05, 3.63) is 16.6 Å². The van der Waals surface area contributed by atoms with Crippen molar-refractivity contribution in [1.29, 1.82) is 0 Å². The molecule has 1 fully saturated rings. The summed E-state index contributed by atoms with van der Waals surface area (Å²) in [4.78, 5) is 6.81. The number of hydrogen-bond donors (Lipinski definition) is 1. The van der Waals surface area contributed by atoms with Crippen molar-refractivity contribution in [2.45, 2.75) is 26.3 Å². The largest absolute Gasteiger partial charge is 0.310 e. The highest BCUT2D eigenvalue weighted by Crippen LogP contribution is 2.16. The van der Waals surface area contributed by atoms with Gasteiger partial charge in [0.25, 0.3) is 0 Å². The SMILES string of the molecule is CCN1CCC(CNCc2nccs2)CC1. The minimum absolute atomic E-state index is 0.864. The van der Waals surface area contributed by atoms with Gasteiger partial charge in [-0.2, -0.15) is 0 Å². The second-order valence-corrected chi connectivity index (χ2v) is 5.41. The Morgan fingerprint density at radius 1 is 1.50 bits per heavy atom. The summed E-state index contributed by atoms with van der Waals surface area (Å²) in [5.41, 5.74) is 0. The molecule has 90 valence electrons. The molecule has 16 heavy (non-hydrogen) atoms. The average Bonchev–Trinajstić information content (AvgIpc) is 2.83. The van der Waals surface area contributed by atoms with Crippen LogP contribution >= 0.6 is 11.3 Å². The van der Waals surface area contributed by atoms with Crippen molar-refractivity contribution in [3.8, 4) is 0 Å². The number of nitrogens with zero attached hydrogens (tertiary/aromatic N) is 2. The molecule has 3 nitrogen and oxygen atoms in total. The van der Waals surface area contributed by atoms with E-state index in [9.17, 15) is 0 Å². The number of aromatic nitrogens is 1. The summed E-state index contributed by atoms with van der Waals surface area (Å²) in [5.74, 6) is 0.864. The lowest BCUT2D eigenvalue weighted by atomic mass is 9.97. The van der Waals surface area contributed by atoms with Crippen molar-refractivity contribution >= 4 is 11.3 Å². The van der Waals surface area contributed by atoms with Gasteiger partial charge in [-0.25, -0.2) is 4.98 Å². The molecule has 1 aromatic heterocycles. The quantitative estimate of drug-likeness (QED) is 0.851. The molecule has 0 unspecified atom stereocenters. The third kappa shape index (κ3) is 3.54. The van der Waals surface area contributed by atoms with Gasteiger partial charge in [-0.05, 0) is 44.9 Å². The highest BCUT2D eigenvalue weighted by Gasteiger charge is 2.17. The molecular formula is C12H21N3S. The van der Waals surface area contributed by atoms with Crippen molar-refractivity contribution in [2.75, 3.05) is 26.2 Å². The monoisotopic (exact) mass is 239 g/mol. The summed E-state index contributed by atoms with van der Waals surface area (Å²) < 4.78 is 0. The van der Waals surface area contributed by atoms with Crippen LogP contribution in [0.4, 0.5) is 0 Å². The highest BCUT2D eigenvalue weighted by molar-refractivity contribution is 7.09. The van der Waals surface area contributed by atoms with Crippen LogP contribution in [0.3, 0.4) is 0 Å². The zero-order valence-corrected chi connectivity index (χ0v) is 10.8. The van der Waals surface area contributed by atoms with Gasteiger partial charge in [-0.15, -0.1) is 11.3 Å². The fourth-order valence-corrected chi connectivity index (χ4v) is 2.82. The number of thiazole rings is 1. The molecule has 2 heterocycles. The van der Waals surface area contributed by atoms with Crippen LogP contribution in [-0.4, -0.2) is 36.1 Å². The Morgan fingerprint density at radius 2 is 2.31 bits per heavy atom. The second kappa shape index (κ2) is 6.33. The first-order valence-corrected chi connectivity index (χ1v) is 7.08. The Kier molecular flexibility index (Phi) is 4.75. The fraction of sp³-hybridized carbons (Fsp3) is 0.750.